The molecule has 0 bridgehead atoms. The Labute approximate surface area is 225 Å². The standard InChI is InChI=1S/C27H38N4O6S/c1-17(2)9-8-10-22-11-12-25-23(13-22)36-24(18(3)14-31(19(4)16-32)38(25,34)35)15-30(7)27(33)28-26-20(5)29-37-21(26)6/h11-13,17-19,24,32H,9,14-16H2,1-7H3,(H,28,33)/t18-,19-,24+/m0/s1. The first-order chi connectivity index (χ1) is 17.8. The molecule has 10 nitrogen and oxygen atoms in total. The Morgan fingerprint density at radius 3 is 2.63 bits per heavy atom. The monoisotopic (exact) mass is 546 g/mol. The first-order valence-corrected chi connectivity index (χ1v) is 14.2. The van der Waals surface area contributed by atoms with Gasteiger partial charge in [-0.25, -0.2) is 13.2 Å². The van der Waals surface area contributed by atoms with Crippen LogP contribution < -0.4 is 10.1 Å². The number of aliphatic hydroxyl groups is 1. The van der Waals surface area contributed by atoms with Gasteiger partial charge in [0.2, 0.25) is 10.0 Å². The summed E-state index contributed by atoms with van der Waals surface area (Å²) in [5, 5.41) is 16.5. The largest absolute Gasteiger partial charge is 0.487 e. The molecule has 0 spiro atoms. The Balaban J connectivity index is 1.96. The molecule has 0 fully saturated rings. The molecule has 0 unspecified atom stereocenters. The lowest BCUT2D eigenvalue weighted by molar-refractivity contribution is 0.0830. The molecule has 208 valence electrons. The maximum absolute atomic E-state index is 13.6. The number of carbonyl (C=O) groups is 1. The van der Waals surface area contributed by atoms with Crippen LogP contribution in [0.2, 0.25) is 0 Å². The summed E-state index contributed by atoms with van der Waals surface area (Å²) in [4.78, 5) is 14.5. The highest BCUT2D eigenvalue weighted by Gasteiger charge is 2.38. The van der Waals surface area contributed by atoms with E-state index in [1.807, 2.05) is 6.92 Å². The first-order valence-electron chi connectivity index (χ1n) is 12.7. The van der Waals surface area contributed by atoms with E-state index in [4.69, 9.17) is 9.26 Å². The number of anilines is 1. The summed E-state index contributed by atoms with van der Waals surface area (Å²) in [5.41, 5.74) is 1.72. The van der Waals surface area contributed by atoms with Crippen molar-refractivity contribution in [3.05, 3.63) is 35.2 Å². The van der Waals surface area contributed by atoms with Gasteiger partial charge in [0.05, 0.1) is 13.2 Å². The smallest absolute Gasteiger partial charge is 0.321 e. The summed E-state index contributed by atoms with van der Waals surface area (Å²) < 4.78 is 40.0. The number of sulfonamides is 1. The van der Waals surface area contributed by atoms with E-state index in [1.54, 1.807) is 40.0 Å². The Bertz CT molecular complexity index is 1290. The Kier molecular flexibility index (Phi) is 9.46. The maximum Gasteiger partial charge on any atom is 0.321 e. The van der Waals surface area contributed by atoms with E-state index in [2.05, 4.69) is 36.2 Å². The highest BCUT2D eigenvalue weighted by Crippen LogP contribution is 2.34. The molecular weight excluding hydrogens is 508 g/mol. The number of aryl methyl sites for hydroxylation is 2. The topological polar surface area (TPSA) is 125 Å². The van der Waals surface area contributed by atoms with Crippen LogP contribution in [-0.2, 0) is 10.0 Å². The fraction of sp³-hybridized carbons (Fsp3) is 0.556. The van der Waals surface area contributed by atoms with Gasteiger partial charge in [-0.3, -0.25) is 0 Å². The minimum atomic E-state index is -3.96. The summed E-state index contributed by atoms with van der Waals surface area (Å²) in [6.45, 7) is 11.1. The summed E-state index contributed by atoms with van der Waals surface area (Å²) in [5.74, 6) is 6.98. The minimum Gasteiger partial charge on any atom is -0.487 e. The van der Waals surface area contributed by atoms with E-state index in [9.17, 15) is 18.3 Å². The zero-order chi connectivity index (χ0) is 28.2. The van der Waals surface area contributed by atoms with E-state index in [-0.39, 0.29) is 42.3 Å². The molecule has 0 aliphatic carbocycles. The SMILES string of the molecule is Cc1noc(C)c1NC(=O)N(C)C[C@H]1Oc2cc(C#CCC(C)C)ccc2S(=O)(=O)N([C@@H](C)CO)C[C@@H]1C. The molecule has 0 saturated carbocycles. The maximum atomic E-state index is 13.6. The van der Waals surface area contributed by atoms with Gasteiger partial charge in [-0.05, 0) is 44.9 Å². The fourth-order valence-corrected chi connectivity index (χ4v) is 5.92. The number of aromatic nitrogens is 1. The molecule has 1 aliphatic heterocycles. The highest BCUT2D eigenvalue weighted by atomic mass is 32.2. The lowest BCUT2D eigenvalue weighted by Gasteiger charge is -2.37. The third-order valence-electron chi connectivity index (χ3n) is 6.48. The number of urea groups is 1. The van der Waals surface area contributed by atoms with Crippen molar-refractivity contribution in [1.82, 2.24) is 14.4 Å². The van der Waals surface area contributed by atoms with Gasteiger partial charge >= 0.3 is 6.03 Å². The molecule has 1 aliphatic rings. The lowest BCUT2D eigenvalue weighted by Crippen LogP contribution is -2.50. The number of benzene rings is 1. The number of nitrogens with one attached hydrogen (secondary N) is 1. The van der Waals surface area contributed by atoms with Crippen molar-refractivity contribution in [3.8, 4) is 17.6 Å². The number of ether oxygens (including phenoxy) is 1. The predicted octanol–water partition coefficient (Wildman–Crippen LogP) is 3.62. The quantitative estimate of drug-likeness (QED) is 0.530. The first kappa shape index (κ1) is 29.5. The predicted molar refractivity (Wildman–Crippen MR) is 144 cm³/mol. The minimum absolute atomic E-state index is 0.00642. The van der Waals surface area contributed by atoms with Gasteiger partial charge in [0.15, 0.2) is 5.76 Å². The van der Waals surface area contributed by atoms with Crippen molar-refractivity contribution in [2.24, 2.45) is 11.8 Å². The van der Waals surface area contributed by atoms with Crippen molar-refractivity contribution in [3.63, 3.8) is 0 Å². The molecule has 2 N–H and O–H groups in total. The van der Waals surface area contributed by atoms with Crippen molar-refractivity contribution < 1.29 is 27.6 Å². The second kappa shape index (κ2) is 12.2. The summed E-state index contributed by atoms with van der Waals surface area (Å²) in [7, 11) is -2.32. The van der Waals surface area contributed by atoms with Crippen LogP contribution in [0.5, 0.6) is 5.75 Å². The van der Waals surface area contributed by atoms with Crippen molar-refractivity contribution >= 4 is 21.7 Å². The molecule has 38 heavy (non-hydrogen) atoms. The number of nitrogens with zero attached hydrogens (tertiary/aromatic N) is 3. The van der Waals surface area contributed by atoms with Crippen molar-refractivity contribution in [1.29, 1.82) is 0 Å². The van der Waals surface area contributed by atoms with E-state index in [0.717, 1.165) is 0 Å². The van der Waals surface area contributed by atoms with Gasteiger partial charge in [-0.1, -0.05) is 37.8 Å². The van der Waals surface area contributed by atoms with Crippen LogP contribution in [0.15, 0.2) is 27.6 Å². The third kappa shape index (κ3) is 6.67. The van der Waals surface area contributed by atoms with Crippen LogP contribution in [0.3, 0.4) is 0 Å². The van der Waals surface area contributed by atoms with Crippen molar-refractivity contribution in [2.45, 2.75) is 65.0 Å². The molecule has 3 rings (SSSR count). The van der Waals surface area contributed by atoms with Gasteiger partial charge in [0.1, 0.15) is 28.1 Å². The van der Waals surface area contributed by atoms with Crippen LogP contribution in [0, 0.1) is 37.5 Å². The number of hydrogen-bond acceptors (Lipinski definition) is 7. The zero-order valence-electron chi connectivity index (χ0n) is 23.1. The molecule has 11 heteroatoms. The summed E-state index contributed by atoms with van der Waals surface area (Å²) in [6, 6.07) is 3.79. The van der Waals surface area contributed by atoms with Gasteiger partial charge < -0.3 is 24.6 Å². The van der Waals surface area contributed by atoms with E-state index < -0.39 is 22.2 Å². The van der Waals surface area contributed by atoms with Gasteiger partial charge in [-0.15, -0.1) is 0 Å². The van der Waals surface area contributed by atoms with Crippen LogP contribution in [-0.4, -0.2) is 72.8 Å². The Morgan fingerprint density at radius 2 is 2.03 bits per heavy atom. The van der Waals surface area contributed by atoms with E-state index >= 15 is 0 Å². The molecule has 1 aromatic heterocycles. The Morgan fingerprint density at radius 1 is 1.32 bits per heavy atom. The lowest BCUT2D eigenvalue weighted by atomic mass is 10.0. The molecule has 0 radical (unpaired) electrons. The number of aliphatic hydroxyl groups excluding tert-OH is 1. The molecule has 2 heterocycles. The molecule has 0 saturated heterocycles. The normalized spacial score (nSPS) is 19.8. The number of likely N-dealkylation sites (N-methyl/N-ethyl adjacent to an activating group) is 1. The average Bonchev–Trinajstić information content (AvgIpc) is 3.17. The number of amides is 2. The van der Waals surface area contributed by atoms with Crippen LogP contribution >= 0.6 is 0 Å². The van der Waals surface area contributed by atoms with Crippen molar-refractivity contribution in [2.75, 3.05) is 32.1 Å². The fourth-order valence-electron chi connectivity index (χ4n) is 4.10. The Hall–Kier alpha value is -3.07. The van der Waals surface area contributed by atoms with Crippen LogP contribution in [0.4, 0.5) is 10.5 Å². The second-order valence-corrected chi connectivity index (χ2v) is 12.2. The highest BCUT2D eigenvalue weighted by molar-refractivity contribution is 7.89. The van der Waals surface area contributed by atoms with E-state index in [1.165, 1.54) is 15.3 Å². The van der Waals surface area contributed by atoms with Gasteiger partial charge in [0.25, 0.3) is 0 Å². The van der Waals surface area contributed by atoms with Crippen LogP contribution in [0.1, 0.15) is 51.1 Å². The number of fused-ring (bicyclic) bond motifs is 1. The third-order valence-corrected chi connectivity index (χ3v) is 8.50. The molecule has 2 amide bonds. The molecule has 2 aromatic rings. The molecule has 3 atom stereocenters. The van der Waals surface area contributed by atoms with Gasteiger partial charge in [-0.2, -0.15) is 4.31 Å². The van der Waals surface area contributed by atoms with E-state index in [0.29, 0.717) is 35.0 Å². The summed E-state index contributed by atoms with van der Waals surface area (Å²) >= 11 is 0. The molecule has 1 aromatic carbocycles. The number of rotatable bonds is 6. The average molecular weight is 547 g/mol. The second-order valence-electron chi connectivity index (χ2n) is 10.3. The number of hydrogen-bond donors (Lipinski definition) is 2. The van der Waals surface area contributed by atoms with Gasteiger partial charge in [0, 0.05) is 37.5 Å². The number of carbonyl (C=O) groups excluding carboxylic acids is 1. The zero-order valence-corrected chi connectivity index (χ0v) is 23.9. The molecular formula is C27H38N4O6S. The van der Waals surface area contributed by atoms with Crippen LogP contribution in [0.25, 0.3) is 0 Å². The summed E-state index contributed by atoms with van der Waals surface area (Å²) in [6.07, 6.45) is 0.167.